The van der Waals surface area contributed by atoms with Gasteiger partial charge in [0, 0.05) is 43.9 Å². The zero-order valence-corrected chi connectivity index (χ0v) is 23.0. The van der Waals surface area contributed by atoms with Crippen LogP contribution < -0.4 is 15.8 Å². The van der Waals surface area contributed by atoms with Gasteiger partial charge in [0.1, 0.15) is 5.82 Å². The van der Waals surface area contributed by atoms with Crippen molar-refractivity contribution in [2.24, 2.45) is 5.92 Å². The van der Waals surface area contributed by atoms with Crippen LogP contribution in [0.5, 0.6) is 0 Å². The van der Waals surface area contributed by atoms with Crippen molar-refractivity contribution in [3.05, 3.63) is 107 Å². The molecule has 1 atom stereocenters. The van der Waals surface area contributed by atoms with Crippen molar-refractivity contribution in [1.82, 2.24) is 15.0 Å². The molecule has 0 radical (unpaired) electrons. The van der Waals surface area contributed by atoms with Crippen molar-refractivity contribution in [3.8, 4) is 0 Å². The molecule has 3 aliphatic rings. The first-order valence-electron chi connectivity index (χ1n) is 13.0. The van der Waals surface area contributed by atoms with Gasteiger partial charge in [0.2, 0.25) is 10.0 Å². The second-order valence-electron chi connectivity index (χ2n) is 11.0. The Kier molecular flexibility index (Phi) is 7.07. The van der Waals surface area contributed by atoms with Crippen LogP contribution in [-0.2, 0) is 15.4 Å². The summed E-state index contributed by atoms with van der Waals surface area (Å²) in [6, 6.07) is 13.7. The number of halogens is 1. The van der Waals surface area contributed by atoms with Crippen LogP contribution in [0.25, 0.3) is 0 Å². The monoisotopic (exact) mass is 534 g/mol. The molecule has 0 amide bonds. The Labute approximate surface area is 225 Å². The van der Waals surface area contributed by atoms with Crippen molar-refractivity contribution in [3.63, 3.8) is 0 Å². The number of hydrogen-bond acceptors (Lipinski definition) is 5. The molecule has 200 valence electrons. The van der Waals surface area contributed by atoms with Gasteiger partial charge in [-0.05, 0) is 71.0 Å². The number of anilines is 1. The van der Waals surface area contributed by atoms with Gasteiger partial charge in [0.05, 0.1) is 16.3 Å². The number of nitrogens with zero attached hydrogens (tertiary/aromatic N) is 2. The lowest BCUT2D eigenvalue weighted by molar-refractivity contribution is 0.402. The van der Waals surface area contributed by atoms with Gasteiger partial charge in [0.15, 0.2) is 0 Å². The van der Waals surface area contributed by atoms with Crippen molar-refractivity contribution in [2.45, 2.75) is 37.5 Å². The maximum Gasteiger partial charge on any atom is 0.243 e. The lowest BCUT2D eigenvalue weighted by Gasteiger charge is -2.37. The molecule has 0 unspecified atom stereocenters. The first-order valence-corrected chi connectivity index (χ1v) is 14.4. The summed E-state index contributed by atoms with van der Waals surface area (Å²) >= 11 is 0. The highest BCUT2D eigenvalue weighted by Gasteiger charge is 2.39. The third-order valence-corrected chi connectivity index (χ3v) is 9.32. The van der Waals surface area contributed by atoms with Gasteiger partial charge in [-0.2, -0.15) is 4.31 Å². The van der Waals surface area contributed by atoms with Crippen LogP contribution in [0.3, 0.4) is 0 Å². The van der Waals surface area contributed by atoms with Gasteiger partial charge in [-0.25, -0.2) is 12.8 Å². The number of hydrazine groups is 1. The van der Waals surface area contributed by atoms with Crippen LogP contribution in [0.15, 0.2) is 101 Å². The summed E-state index contributed by atoms with van der Waals surface area (Å²) in [4.78, 5) is 0.326. The van der Waals surface area contributed by atoms with Crippen LogP contribution in [0.2, 0.25) is 0 Å². The van der Waals surface area contributed by atoms with Crippen LogP contribution in [0.1, 0.15) is 32.8 Å². The molecular formula is C30H35FN4O2S. The second kappa shape index (κ2) is 10.2. The Bertz CT molecular complexity index is 1420. The van der Waals surface area contributed by atoms with Crippen molar-refractivity contribution < 1.29 is 12.8 Å². The topological polar surface area (TPSA) is 64.7 Å². The molecule has 2 heterocycles. The van der Waals surface area contributed by atoms with E-state index < -0.39 is 10.0 Å². The summed E-state index contributed by atoms with van der Waals surface area (Å²) in [6.45, 7) is 12.2. The summed E-state index contributed by atoms with van der Waals surface area (Å²) in [6.07, 6.45) is 6.56. The molecule has 8 heteroatoms. The predicted octanol–water partition coefficient (Wildman–Crippen LogP) is 5.01. The Morgan fingerprint density at radius 2 is 1.84 bits per heavy atom. The predicted molar refractivity (Wildman–Crippen MR) is 150 cm³/mol. The van der Waals surface area contributed by atoms with Gasteiger partial charge in [-0.3, -0.25) is 5.01 Å². The fourth-order valence-corrected chi connectivity index (χ4v) is 6.73. The van der Waals surface area contributed by atoms with E-state index in [-0.39, 0.29) is 17.2 Å². The molecule has 0 spiro atoms. The van der Waals surface area contributed by atoms with Crippen molar-refractivity contribution in [1.29, 1.82) is 0 Å². The Morgan fingerprint density at radius 1 is 1.13 bits per heavy atom. The highest BCUT2D eigenvalue weighted by molar-refractivity contribution is 7.89. The summed E-state index contributed by atoms with van der Waals surface area (Å²) in [5.41, 5.74) is 9.58. The Hall–Kier alpha value is -3.20. The minimum Gasteiger partial charge on any atom is -0.312 e. The zero-order valence-electron chi connectivity index (χ0n) is 22.2. The van der Waals surface area contributed by atoms with Crippen LogP contribution in [0.4, 0.5) is 10.1 Å². The Balaban J connectivity index is 1.46. The quantitative estimate of drug-likeness (QED) is 0.386. The van der Waals surface area contributed by atoms with E-state index >= 15 is 0 Å². The second-order valence-corrected chi connectivity index (χ2v) is 12.9. The van der Waals surface area contributed by atoms with E-state index in [0.29, 0.717) is 37.5 Å². The number of hydrogen-bond donors (Lipinski definition) is 2. The molecule has 5 rings (SSSR count). The van der Waals surface area contributed by atoms with E-state index in [1.807, 2.05) is 29.4 Å². The maximum atomic E-state index is 13.7. The molecule has 1 aliphatic carbocycles. The molecule has 0 saturated carbocycles. The molecule has 38 heavy (non-hydrogen) atoms. The van der Waals surface area contributed by atoms with Gasteiger partial charge in [-0.1, -0.05) is 39.0 Å². The fourth-order valence-electron chi connectivity index (χ4n) is 5.31. The average molecular weight is 535 g/mol. The number of allylic oxidation sites excluding steroid dienone is 2. The zero-order chi connectivity index (χ0) is 27.1. The number of fused-ring (bicyclic) bond motifs is 1. The number of sulfonamides is 1. The molecular weight excluding hydrogens is 499 g/mol. The van der Waals surface area contributed by atoms with E-state index in [0.717, 1.165) is 33.7 Å². The molecule has 0 aromatic heterocycles. The van der Waals surface area contributed by atoms with Crippen LogP contribution in [-0.4, -0.2) is 38.9 Å². The summed E-state index contributed by atoms with van der Waals surface area (Å²) < 4.78 is 42.5. The molecule has 2 aromatic carbocycles. The standard InChI is InChI=1S/C30H35FN4O2S/c1-5-15-32-18-26-27-19-33-35(24-10-8-23(31)9-11-24)29(27)17-21-14-16-34(20-28(21)26)38(36,37)25-12-6-22(7-13-25)30(2,3)4/h5-13,17,19,26,32-33H,1,14-16,18,20H2,2-4H3/t26-/m1/s1. The first kappa shape index (κ1) is 26.4. The number of nitrogens with one attached hydrogen (secondary N) is 2. The molecule has 2 aromatic rings. The van der Waals surface area contributed by atoms with E-state index in [4.69, 9.17) is 0 Å². The van der Waals surface area contributed by atoms with Crippen LogP contribution in [0, 0.1) is 11.7 Å². The summed E-state index contributed by atoms with van der Waals surface area (Å²) in [5.74, 6) is -0.291. The number of benzene rings is 2. The van der Waals surface area contributed by atoms with Crippen LogP contribution >= 0.6 is 0 Å². The SMILES string of the molecule is C=CCNC[C@@H]1C2=CNN(c3ccc(F)cc3)C2=CC2=C1CN(S(=O)(=O)c1ccc(C(C)(C)C)cc1)CC2. The third-order valence-electron chi connectivity index (χ3n) is 7.46. The van der Waals surface area contributed by atoms with Crippen molar-refractivity contribution in [2.75, 3.05) is 31.2 Å². The van der Waals surface area contributed by atoms with Gasteiger partial charge >= 0.3 is 0 Å². The molecule has 2 N–H and O–H groups in total. The van der Waals surface area contributed by atoms with Gasteiger partial charge in [-0.15, -0.1) is 6.58 Å². The van der Waals surface area contributed by atoms with Gasteiger partial charge < -0.3 is 10.7 Å². The molecule has 0 bridgehead atoms. The summed E-state index contributed by atoms with van der Waals surface area (Å²) in [5, 5.41) is 5.39. The van der Waals surface area contributed by atoms with Gasteiger partial charge in [0.25, 0.3) is 0 Å². The van der Waals surface area contributed by atoms with E-state index in [1.165, 1.54) is 12.1 Å². The lowest BCUT2D eigenvalue weighted by Crippen LogP contribution is -2.42. The maximum absolute atomic E-state index is 13.7. The largest absolute Gasteiger partial charge is 0.312 e. The fraction of sp³-hybridized carbons (Fsp3) is 0.333. The highest BCUT2D eigenvalue weighted by atomic mass is 32.2. The molecule has 0 saturated heterocycles. The third kappa shape index (κ3) is 4.96. The minimum absolute atomic E-state index is 0.0100. The average Bonchev–Trinajstić information content (AvgIpc) is 3.31. The Morgan fingerprint density at radius 3 is 2.50 bits per heavy atom. The lowest BCUT2D eigenvalue weighted by atomic mass is 9.79. The normalized spacial score (nSPS) is 19.9. The van der Waals surface area contributed by atoms with E-state index in [2.05, 4.69) is 44.2 Å². The van der Waals surface area contributed by atoms with Crippen molar-refractivity contribution >= 4 is 15.7 Å². The first-order chi connectivity index (χ1) is 18.1. The van der Waals surface area contributed by atoms with E-state index in [1.54, 1.807) is 28.6 Å². The molecule has 6 nitrogen and oxygen atoms in total. The minimum atomic E-state index is -3.64. The smallest absolute Gasteiger partial charge is 0.243 e. The molecule has 0 fully saturated rings. The van der Waals surface area contributed by atoms with E-state index in [9.17, 15) is 12.8 Å². The highest BCUT2D eigenvalue weighted by Crippen LogP contribution is 2.42. The summed E-state index contributed by atoms with van der Waals surface area (Å²) in [7, 11) is -3.64. The number of rotatable bonds is 7. The molecule has 2 aliphatic heterocycles.